The highest BCUT2D eigenvalue weighted by molar-refractivity contribution is 6.25. The van der Waals surface area contributed by atoms with Crippen molar-refractivity contribution in [3.8, 4) is 120 Å². The molecule has 12 heteroatoms. The minimum absolute atomic E-state index is 0.596. The fourth-order valence-corrected chi connectivity index (χ4v) is 19.5. The van der Waals surface area contributed by atoms with Crippen molar-refractivity contribution < 1.29 is 0 Å². The van der Waals surface area contributed by atoms with Gasteiger partial charge < -0.3 is 0 Å². The van der Waals surface area contributed by atoms with Crippen molar-refractivity contribution in [3.63, 3.8) is 0 Å². The first-order valence-corrected chi connectivity index (χ1v) is 45.4. The molecule has 0 saturated heterocycles. The molecule has 6 heterocycles. The van der Waals surface area contributed by atoms with Gasteiger partial charge in [0.1, 0.15) is 0 Å². The average molecular weight is 1720 g/mol. The highest BCUT2D eigenvalue weighted by Gasteiger charge is 2.25. The molecule has 0 fully saturated rings. The quantitative estimate of drug-likeness (QED) is 0.117. The molecule has 12 nitrogen and oxygen atoms in total. The molecule has 0 aliphatic rings. The lowest BCUT2D eigenvalue weighted by molar-refractivity contribution is 0.953. The SMILES string of the molecule is c1ccc(-c2nc(-c3ccccc3)nc(-n3c4ccccc4c4c5cc(-c6ccc7ccccc7c6)ccc5ccc43)n2)cc1.c1ccc(-c2nc(-c3ccccc3)nc(-n3c4ccccc4c4c5cc(-c6cccc7ccccc67)ccc5ccc43)n2)cc1.c1ccc(-c2nc(-c3ccccc3)nc(-n3c4ccccc4c4c5ccc(-c6ccc7ccccc7c6)cc5ccc43)n2)cc1. The summed E-state index contributed by atoms with van der Waals surface area (Å²) in [6.07, 6.45) is 0. The van der Waals surface area contributed by atoms with Crippen LogP contribution in [-0.2, 0) is 0 Å². The first-order valence-electron chi connectivity index (χ1n) is 45.4. The molecule has 0 unspecified atom stereocenters. The Morgan fingerprint density at radius 2 is 0.378 bits per heavy atom. The fraction of sp³-hybridized carbons (Fsp3) is 0. The summed E-state index contributed by atoms with van der Waals surface area (Å²) in [6.45, 7) is 0. The van der Waals surface area contributed by atoms with Crippen LogP contribution >= 0.6 is 0 Å². The predicted octanol–water partition coefficient (Wildman–Crippen LogP) is 30.8. The highest BCUT2D eigenvalue weighted by atomic mass is 15.2. The van der Waals surface area contributed by atoms with Crippen LogP contribution in [-0.4, -0.2) is 58.6 Å². The van der Waals surface area contributed by atoms with Crippen LogP contribution in [0.15, 0.2) is 473 Å². The predicted molar refractivity (Wildman–Crippen MR) is 556 cm³/mol. The molecule has 21 aromatic carbocycles. The molecule has 0 amide bonds. The van der Waals surface area contributed by atoms with Gasteiger partial charge in [0.05, 0.1) is 33.1 Å². The topological polar surface area (TPSA) is 131 Å². The van der Waals surface area contributed by atoms with Crippen LogP contribution in [0.25, 0.3) is 250 Å². The van der Waals surface area contributed by atoms with E-state index in [1.54, 1.807) is 0 Å². The van der Waals surface area contributed by atoms with Crippen molar-refractivity contribution in [2.75, 3.05) is 0 Å². The van der Waals surface area contributed by atoms with Crippen LogP contribution < -0.4 is 0 Å². The van der Waals surface area contributed by atoms with Crippen molar-refractivity contribution in [1.29, 1.82) is 0 Å². The third kappa shape index (κ3) is 14.4. The van der Waals surface area contributed by atoms with Gasteiger partial charge in [0.2, 0.25) is 17.8 Å². The Hall–Kier alpha value is -18.4. The monoisotopic (exact) mass is 1720 g/mol. The second-order valence-corrected chi connectivity index (χ2v) is 33.9. The molecule has 0 radical (unpaired) electrons. The zero-order valence-electron chi connectivity index (χ0n) is 72.9. The smallest absolute Gasteiger partial charge is 0.238 e. The van der Waals surface area contributed by atoms with Crippen molar-refractivity contribution in [2.45, 2.75) is 0 Å². The Kier molecular flexibility index (Phi) is 19.6. The number of hydrogen-bond acceptors (Lipinski definition) is 9. The molecule has 0 bridgehead atoms. The molecule has 0 aliphatic carbocycles. The summed E-state index contributed by atoms with van der Waals surface area (Å²) in [7, 11) is 0. The van der Waals surface area contributed by atoms with Gasteiger partial charge in [0.15, 0.2) is 34.9 Å². The summed E-state index contributed by atoms with van der Waals surface area (Å²) in [5.74, 6) is 5.65. The van der Waals surface area contributed by atoms with E-state index in [-0.39, 0.29) is 0 Å². The van der Waals surface area contributed by atoms with Crippen molar-refractivity contribution in [2.24, 2.45) is 0 Å². The van der Waals surface area contributed by atoms with Crippen molar-refractivity contribution in [1.82, 2.24) is 58.6 Å². The van der Waals surface area contributed by atoms with E-state index >= 15 is 0 Å². The summed E-state index contributed by atoms with van der Waals surface area (Å²) >= 11 is 0. The van der Waals surface area contributed by atoms with Gasteiger partial charge in [0, 0.05) is 65.7 Å². The maximum atomic E-state index is 5.09. The van der Waals surface area contributed by atoms with Crippen LogP contribution in [0, 0.1) is 0 Å². The lowest BCUT2D eigenvalue weighted by Crippen LogP contribution is -2.06. The van der Waals surface area contributed by atoms with Gasteiger partial charge in [0.25, 0.3) is 0 Å². The van der Waals surface area contributed by atoms with Gasteiger partial charge in [-0.15, -0.1) is 0 Å². The van der Waals surface area contributed by atoms with Crippen LogP contribution in [0.3, 0.4) is 0 Å². The highest BCUT2D eigenvalue weighted by Crippen LogP contribution is 2.45. The average Bonchev–Trinajstić information content (AvgIpc) is 1.58. The lowest BCUT2D eigenvalue weighted by atomic mass is 9.95. The third-order valence-electron chi connectivity index (χ3n) is 25.9. The molecule has 0 aliphatic heterocycles. The van der Waals surface area contributed by atoms with E-state index < -0.39 is 0 Å². The van der Waals surface area contributed by atoms with E-state index in [1.165, 1.54) is 120 Å². The molecule has 6 aromatic heterocycles. The minimum Gasteiger partial charge on any atom is -0.278 e. The number of hydrogen-bond donors (Lipinski definition) is 0. The Labute approximate surface area is 776 Å². The second kappa shape index (κ2) is 33.6. The standard InChI is InChI=1S/3C41H26N4/c1-3-13-29(14-4-1)39-42-40(30-15-5-2-6-16-30)44-41(43-39)45-36-21-10-9-19-34(36)38-35-26-31(23-22-28(35)24-25-37(38)45)33-20-11-17-27-12-7-8-18-32(27)33;1-3-12-29(13-4-1)39-42-40(30-14-5-2-6-15-30)44-41(43-39)45-36-18-10-9-17-34(36)38-35-26-33(22-20-28(35)23-24-37(38)45)32-21-19-27-11-7-8-16-31(27)25-32;1-3-12-28(13-4-1)39-42-40(29-14-5-2-6-15-29)44-41(43-39)45-36-18-10-9-17-35(36)38-34-23-21-32(26-33(34)22-24-37(38)45)31-20-19-27-11-7-8-16-30(27)25-31/h3*1-26H. The van der Waals surface area contributed by atoms with Crippen LogP contribution in [0.1, 0.15) is 0 Å². The van der Waals surface area contributed by atoms with E-state index in [2.05, 4.69) is 305 Å². The first-order chi connectivity index (χ1) is 66.9. The lowest BCUT2D eigenvalue weighted by Gasteiger charge is -2.11. The normalized spacial score (nSPS) is 11.6. The summed E-state index contributed by atoms with van der Waals surface area (Å²) < 4.78 is 6.56. The second-order valence-electron chi connectivity index (χ2n) is 33.9. The zero-order chi connectivity index (χ0) is 89.2. The van der Waals surface area contributed by atoms with E-state index in [0.29, 0.717) is 52.8 Å². The third-order valence-corrected chi connectivity index (χ3v) is 25.9. The largest absolute Gasteiger partial charge is 0.278 e. The van der Waals surface area contributed by atoms with Crippen LogP contribution in [0.2, 0.25) is 0 Å². The summed E-state index contributed by atoms with van der Waals surface area (Å²) in [5, 5.41) is 21.7. The summed E-state index contributed by atoms with van der Waals surface area (Å²) in [4.78, 5) is 45.3. The summed E-state index contributed by atoms with van der Waals surface area (Å²) in [6, 6.07) is 166. The molecule has 27 rings (SSSR count). The van der Waals surface area contributed by atoms with Crippen LogP contribution in [0.5, 0.6) is 0 Å². The Morgan fingerprint density at radius 3 is 0.756 bits per heavy atom. The van der Waals surface area contributed by atoms with Crippen LogP contribution in [0.4, 0.5) is 0 Å². The number of aromatic nitrogens is 12. The van der Waals surface area contributed by atoms with E-state index in [4.69, 9.17) is 44.9 Å². The van der Waals surface area contributed by atoms with Gasteiger partial charge >= 0.3 is 0 Å². The van der Waals surface area contributed by atoms with Gasteiger partial charge in [-0.2, -0.15) is 29.9 Å². The van der Waals surface area contributed by atoms with E-state index in [1.807, 2.05) is 182 Å². The maximum absolute atomic E-state index is 5.09. The van der Waals surface area contributed by atoms with Crippen molar-refractivity contribution in [3.05, 3.63) is 473 Å². The Balaban J connectivity index is 0.000000108. The number of fused-ring (bicyclic) bond motifs is 18. The molecule has 630 valence electrons. The number of para-hydroxylation sites is 3. The molecule has 0 N–H and O–H groups in total. The molecule has 0 atom stereocenters. The van der Waals surface area contributed by atoms with Gasteiger partial charge in [-0.25, -0.2) is 15.0 Å². The molecule has 0 saturated carbocycles. The minimum atomic E-state index is 0.596. The molecule has 135 heavy (non-hydrogen) atoms. The van der Waals surface area contributed by atoms with E-state index in [0.717, 1.165) is 77.3 Å². The van der Waals surface area contributed by atoms with E-state index in [9.17, 15) is 0 Å². The molecule has 0 spiro atoms. The zero-order valence-corrected chi connectivity index (χ0v) is 72.9. The first kappa shape index (κ1) is 78.8. The molecular weight excluding hydrogens is 1650 g/mol. The number of benzene rings is 21. The Bertz CT molecular complexity index is 9120. The van der Waals surface area contributed by atoms with Gasteiger partial charge in [-0.1, -0.05) is 406 Å². The summed E-state index contributed by atoms with van der Waals surface area (Å²) in [5.41, 5.74) is 19.3. The Morgan fingerprint density at radius 1 is 0.126 bits per heavy atom. The molecule has 27 aromatic rings. The van der Waals surface area contributed by atoms with Crippen molar-refractivity contribution >= 4 is 130 Å². The molecular formula is C123H78N12. The van der Waals surface area contributed by atoms with Gasteiger partial charge in [-0.3, -0.25) is 13.7 Å². The number of nitrogens with zero attached hydrogens (tertiary/aromatic N) is 12. The number of rotatable bonds is 12. The fourth-order valence-electron chi connectivity index (χ4n) is 19.5. The van der Waals surface area contributed by atoms with Gasteiger partial charge in [-0.05, 0) is 165 Å². The maximum Gasteiger partial charge on any atom is 0.238 e.